The molecule has 0 spiro atoms. The van der Waals surface area contributed by atoms with Crippen LogP contribution in [0.3, 0.4) is 0 Å². The van der Waals surface area contributed by atoms with Crippen molar-refractivity contribution in [3.05, 3.63) is 30.6 Å². The van der Waals surface area contributed by atoms with Crippen molar-refractivity contribution in [1.29, 1.82) is 0 Å². The van der Waals surface area contributed by atoms with E-state index >= 15 is 0 Å². The maximum absolute atomic E-state index is 13.7. The van der Waals surface area contributed by atoms with E-state index in [-0.39, 0.29) is 12.8 Å². The van der Waals surface area contributed by atoms with Crippen molar-refractivity contribution in [2.24, 2.45) is 0 Å². The monoisotopic (exact) mass is 552 g/mol. The van der Waals surface area contributed by atoms with Gasteiger partial charge in [-0.15, -0.1) is 0 Å². The van der Waals surface area contributed by atoms with Crippen LogP contribution in [-0.4, -0.2) is 35.8 Å². The number of halogens is 13. The van der Waals surface area contributed by atoms with Gasteiger partial charge in [0.25, 0.3) is 0 Å². The third kappa shape index (κ3) is 7.17. The zero-order chi connectivity index (χ0) is 27.9. The first-order chi connectivity index (χ1) is 16.3. The van der Waals surface area contributed by atoms with Crippen molar-refractivity contribution >= 4 is 0 Å². The third-order valence-electron chi connectivity index (χ3n) is 5.68. The van der Waals surface area contributed by atoms with E-state index in [1.54, 1.807) is 0 Å². The minimum Gasteiger partial charge on any atom is -0.205 e. The minimum atomic E-state index is -7.83. The minimum absolute atomic E-state index is 0.184. The smallest absolute Gasteiger partial charge is 0.205 e. The second kappa shape index (κ2) is 12.2. The molecule has 0 amide bonds. The van der Waals surface area contributed by atoms with Crippen molar-refractivity contribution in [1.82, 2.24) is 0 Å². The van der Waals surface area contributed by atoms with Gasteiger partial charge in [-0.25, -0.2) is 4.57 Å². The predicted octanol–water partition coefficient (Wildman–Crippen LogP) is 8.61. The Labute approximate surface area is 199 Å². The lowest BCUT2D eigenvalue weighted by atomic mass is 9.91. The molecule has 0 aliphatic rings. The highest BCUT2D eigenvalue weighted by Crippen LogP contribution is 2.60. The molecular weight excluding hydrogens is 525 g/mol. The number of hydrogen-bond donors (Lipinski definition) is 0. The summed E-state index contributed by atoms with van der Waals surface area (Å²) in [7, 11) is 0. The average Bonchev–Trinajstić information content (AvgIpc) is 2.76. The Morgan fingerprint density at radius 3 is 1.25 bits per heavy atom. The molecule has 0 fully saturated rings. The Morgan fingerprint density at radius 2 is 0.806 bits per heavy atom. The highest BCUT2D eigenvalue weighted by atomic mass is 19.4. The van der Waals surface area contributed by atoms with Crippen LogP contribution in [0.15, 0.2) is 30.6 Å². The molecule has 210 valence electrons. The Bertz CT molecular complexity index is 776. The second-order valence-electron chi connectivity index (χ2n) is 8.55. The number of aryl methyl sites for hydroxylation is 1. The Morgan fingerprint density at radius 1 is 0.417 bits per heavy atom. The van der Waals surface area contributed by atoms with Crippen LogP contribution < -0.4 is 4.57 Å². The molecule has 0 unspecified atom stereocenters. The molecular formula is C22H27F13N+. The number of unbranched alkanes of at least 4 members (excludes halogenated alkanes) is 8. The fourth-order valence-corrected chi connectivity index (χ4v) is 3.42. The van der Waals surface area contributed by atoms with Gasteiger partial charge in [-0.3, -0.25) is 0 Å². The van der Waals surface area contributed by atoms with Gasteiger partial charge >= 0.3 is 35.8 Å². The van der Waals surface area contributed by atoms with E-state index in [4.69, 9.17) is 0 Å². The van der Waals surface area contributed by atoms with E-state index in [9.17, 15) is 57.1 Å². The molecule has 1 heterocycles. The largest absolute Gasteiger partial charge is 0.460 e. The first-order valence-corrected chi connectivity index (χ1v) is 11.2. The molecule has 14 heteroatoms. The fraction of sp³-hybridized carbons (Fsp3) is 0.773. The van der Waals surface area contributed by atoms with Gasteiger partial charge in [0.05, 0.1) is 0 Å². The van der Waals surface area contributed by atoms with Crippen LogP contribution in [0.2, 0.25) is 0 Å². The highest BCUT2D eigenvalue weighted by molar-refractivity contribution is 5.10. The van der Waals surface area contributed by atoms with Gasteiger partial charge < -0.3 is 0 Å². The number of nitrogens with zero attached hydrogens (tertiary/aromatic N) is 1. The van der Waals surface area contributed by atoms with Crippen LogP contribution in [0.1, 0.15) is 64.2 Å². The van der Waals surface area contributed by atoms with E-state index in [0.717, 1.165) is 32.2 Å². The summed E-state index contributed by atoms with van der Waals surface area (Å²) in [4.78, 5) is 0. The molecule has 0 aliphatic carbocycles. The first-order valence-electron chi connectivity index (χ1n) is 11.2. The molecule has 0 aliphatic heterocycles. The van der Waals surface area contributed by atoms with Crippen LogP contribution in [0.5, 0.6) is 0 Å². The molecule has 0 saturated carbocycles. The average molecular weight is 552 g/mol. The number of pyridine rings is 1. The van der Waals surface area contributed by atoms with Crippen LogP contribution in [0, 0.1) is 0 Å². The van der Waals surface area contributed by atoms with E-state index < -0.39 is 48.6 Å². The number of hydrogen-bond acceptors (Lipinski definition) is 0. The van der Waals surface area contributed by atoms with Gasteiger partial charge in [0, 0.05) is 25.0 Å². The quantitative estimate of drug-likeness (QED) is 0.110. The lowest BCUT2D eigenvalue weighted by molar-refractivity contribution is -0.697. The summed E-state index contributed by atoms with van der Waals surface area (Å²) in [6, 6.07) is 5.67. The van der Waals surface area contributed by atoms with Crippen LogP contribution in [-0.2, 0) is 6.54 Å². The number of rotatable bonds is 16. The van der Waals surface area contributed by atoms with E-state index in [1.807, 2.05) is 35.2 Å². The van der Waals surface area contributed by atoms with Crippen molar-refractivity contribution in [2.45, 2.75) is 107 Å². The molecule has 0 saturated heterocycles. The maximum atomic E-state index is 13.7. The Balaban J connectivity index is 2.44. The van der Waals surface area contributed by atoms with Gasteiger partial charge in [0.1, 0.15) is 6.54 Å². The number of aromatic nitrogens is 1. The van der Waals surface area contributed by atoms with Gasteiger partial charge in [-0.2, -0.15) is 57.1 Å². The molecule has 36 heavy (non-hydrogen) atoms. The van der Waals surface area contributed by atoms with Crippen LogP contribution >= 0.6 is 0 Å². The Hall–Kier alpha value is -1.76. The van der Waals surface area contributed by atoms with Crippen molar-refractivity contribution in [3.8, 4) is 0 Å². The Kier molecular flexibility index (Phi) is 10.9. The third-order valence-corrected chi connectivity index (χ3v) is 5.68. The topological polar surface area (TPSA) is 3.88 Å². The zero-order valence-corrected chi connectivity index (χ0v) is 19.0. The van der Waals surface area contributed by atoms with E-state index in [1.165, 1.54) is 0 Å². The molecule has 0 radical (unpaired) electrons. The molecule has 1 rings (SSSR count). The predicted molar refractivity (Wildman–Crippen MR) is 104 cm³/mol. The second-order valence-corrected chi connectivity index (χ2v) is 8.55. The fourth-order valence-electron chi connectivity index (χ4n) is 3.42. The van der Waals surface area contributed by atoms with E-state index in [0.29, 0.717) is 12.8 Å². The maximum Gasteiger partial charge on any atom is 0.460 e. The summed E-state index contributed by atoms with van der Waals surface area (Å²) in [5.74, 6) is -36.3. The molecule has 1 aromatic heterocycles. The SMILES string of the molecule is FC(F)(F)C(F)(F)C(F)(F)C(F)(F)C(F)(F)C(F)(F)CCCCCCCCCCC[n+]1ccccc1. The van der Waals surface area contributed by atoms with Gasteiger partial charge in [-0.1, -0.05) is 44.6 Å². The van der Waals surface area contributed by atoms with Gasteiger partial charge in [0.2, 0.25) is 0 Å². The molecule has 1 nitrogen and oxygen atoms in total. The first kappa shape index (κ1) is 32.3. The molecule has 1 aromatic rings. The standard InChI is InChI=1S/C22H27F13N/c23-17(24,18(25,26)19(27,28)20(29,30)21(31,32)22(33,34)35)13-9-6-4-2-1-3-5-7-10-14-36-15-11-8-12-16-36/h8,11-12,15-16H,1-7,9-10,13-14H2/q+1. The molecule has 0 N–H and O–H groups in total. The van der Waals surface area contributed by atoms with Crippen LogP contribution in [0.4, 0.5) is 57.1 Å². The highest BCUT2D eigenvalue weighted by Gasteiger charge is 2.90. The number of alkyl halides is 13. The summed E-state index contributed by atoms with van der Waals surface area (Å²) >= 11 is 0. The van der Waals surface area contributed by atoms with Crippen molar-refractivity contribution in [2.75, 3.05) is 0 Å². The van der Waals surface area contributed by atoms with Crippen LogP contribution in [0.25, 0.3) is 0 Å². The summed E-state index contributed by atoms with van der Waals surface area (Å²) in [6.07, 6.45) is -1.77. The van der Waals surface area contributed by atoms with Gasteiger partial charge in [-0.05, 0) is 12.8 Å². The molecule has 0 atom stereocenters. The summed E-state index contributed by atoms with van der Waals surface area (Å²) in [5, 5.41) is 0. The summed E-state index contributed by atoms with van der Waals surface area (Å²) < 4.78 is 172. The van der Waals surface area contributed by atoms with Crippen molar-refractivity contribution < 1.29 is 61.6 Å². The normalized spacial score (nSPS) is 14.4. The lowest BCUT2D eigenvalue weighted by Gasteiger charge is -2.39. The molecule has 0 aromatic carbocycles. The zero-order valence-electron chi connectivity index (χ0n) is 19.0. The summed E-state index contributed by atoms with van der Waals surface area (Å²) in [5.41, 5.74) is 0. The summed E-state index contributed by atoms with van der Waals surface area (Å²) in [6.45, 7) is 0.832. The van der Waals surface area contributed by atoms with E-state index in [2.05, 4.69) is 0 Å². The lowest BCUT2D eigenvalue weighted by Crippen LogP contribution is -2.70. The molecule has 0 bridgehead atoms. The van der Waals surface area contributed by atoms with Gasteiger partial charge in [0.15, 0.2) is 12.4 Å². The van der Waals surface area contributed by atoms with Crippen molar-refractivity contribution in [3.63, 3.8) is 0 Å².